The number of ether oxygens (including phenoxy) is 1. The molecule has 0 heterocycles. The van der Waals surface area contributed by atoms with Crippen molar-refractivity contribution < 1.29 is 17.9 Å². The number of benzene rings is 3. The average molecular weight is 445 g/mol. The number of methoxy groups -OCH3 is 1. The minimum absolute atomic E-state index is 0.00981. The molecule has 0 unspecified atom stereocenters. The van der Waals surface area contributed by atoms with Crippen LogP contribution in [0.15, 0.2) is 77.7 Å². The van der Waals surface area contributed by atoms with Gasteiger partial charge in [-0.1, -0.05) is 41.9 Å². The van der Waals surface area contributed by atoms with Crippen LogP contribution in [-0.2, 0) is 14.8 Å². The van der Waals surface area contributed by atoms with E-state index in [-0.39, 0.29) is 10.6 Å². The van der Waals surface area contributed by atoms with Crippen LogP contribution in [0.25, 0.3) is 0 Å². The number of amides is 1. The fraction of sp³-hybridized carbons (Fsp3) is 0.136. The van der Waals surface area contributed by atoms with E-state index >= 15 is 0 Å². The zero-order chi connectivity index (χ0) is 21.7. The summed E-state index contributed by atoms with van der Waals surface area (Å²) in [5.74, 6) is -0.298. The van der Waals surface area contributed by atoms with Crippen molar-refractivity contribution in [3.05, 3.63) is 83.4 Å². The van der Waals surface area contributed by atoms with E-state index in [0.29, 0.717) is 16.4 Å². The third-order valence-corrected chi connectivity index (χ3v) is 6.36. The van der Waals surface area contributed by atoms with Crippen molar-refractivity contribution in [1.29, 1.82) is 0 Å². The number of rotatable bonds is 7. The second-order valence-corrected chi connectivity index (χ2v) is 8.83. The van der Waals surface area contributed by atoms with Gasteiger partial charge in [-0.25, -0.2) is 8.42 Å². The third-order valence-electron chi connectivity index (χ3n) is 4.33. The number of halogens is 1. The molecule has 0 aliphatic heterocycles. The molecule has 0 aromatic heterocycles. The maximum atomic E-state index is 13.6. The Morgan fingerprint density at radius 1 is 1.03 bits per heavy atom. The summed E-state index contributed by atoms with van der Waals surface area (Å²) in [6.45, 7) is 1.37. The van der Waals surface area contributed by atoms with Crippen molar-refractivity contribution in [3.63, 3.8) is 0 Å². The number of nitrogens with zero attached hydrogens (tertiary/aromatic N) is 1. The highest BCUT2D eigenvalue weighted by molar-refractivity contribution is 7.93. The van der Waals surface area contributed by atoms with Crippen molar-refractivity contribution in [2.45, 2.75) is 11.8 Å². The quantitative estimate of drug-likeness (QED) is 0.582. The average Bonchev–Trinajstić information content (AvgIpc) is 2.72. The summed E-state index contributed by atoms with van der Waals surface area (Å²) in [5.41, 5.74) is 1.60. The minimum atomic E-state index is -4.09. The number of aryl methyl sites for hydroxylation is 1. The first-order valence-corrected chi connectivity index (χ1v) is 10.9. The van der Waals surface area contributed by atoms with Crippen LogP contribution < -0.4 is 14.4 Å². The molecule has 0 radical (unpaired) electrons. The number of hydrogen-bond acceptors (Lipinski definition) is 4. The minimum Gasteiger partial charge on any atom is -0.495 e. The summed E-state index contributed by atoms with van der Waals surface area (Å²) in [6, 6.07) is 20.0. The number of anilines is 2. The van der Waals surface area contributed by atoms with Gasteiger partial charge >= 0.3 is 0 Å². The van der Waals surface area contributed by atoms with Gasteiger partial charge in [-0.05, 0) is 55.0 Å². The monoisotopic (exact) mass is 444 g/mol. The molecule has 0 aliphatic rings. The fourth-order valence-electron chi connectivity index (χ4n) is 2.91. The molecule has 0 aliphatic carbocycles. The van der Waals surface area contributed by atoms with E-state index in [1.165, 1.54) is 13.2 Å². The lowest BCUT2D eigenvalue weighted by Crippen LogP contribution is -2.38. The molecule has 30 heavy (non-hydrogen) atoms. The summed E-state index contributed by atoms with van der Waals surface area (Å²) < 4.78 is 33.4. The van der Waals surface area contributed by atoms with Crippen molar-refractivity contribution in [2.75, 3.05) is 23.3 Å². The second-order valence-electron chi connectivity index (χ2n) is 6.56. The first-order valence-electron chi connectivity index (χ1n) is 9.09. The van der Waals surface area contributed by atoms with E-state index in [9.17, 15) is 13.2 Å². The smallest absolute Gasteiger partial charge is 0.268 e. The Morgan fingerprint density at radius 3 is 2.43 bits per heavy atom. The fourth-order valence-corrected chi connectivity index (χ4v) is 4.77. The molecule has 0 atom stereocenters. The van der Waals surface area contributed by atoms with Gasteiger partial charge in [-0.15, -0.1) is 0 Å². The Bertz CT molecular complexity index is 1150. The lowest BCUT2D eigenvalue weighted by atomic mass is 10.2. The van der Waals surface area contributed by atoms with Gasteiger partial charge in [0.1, 0.15) is 17.2 Å². The summed E-state index contributed by atoms with van der Waals surface area (Å²) in [6.07, 6.45) is 0. The van der Waals surface area contributed by atoms with Gasteiger partial charge in [-0.3, -0.25) is 9.10 Å². The number of hydrogen-bond donors (Lipinski definition) is 1. The molecule has 0 spiro atoms. The van der Waals surface area contributed by atoms with E-state index < -0.39 is 22.5 Å². The number of carbonyl (C=O) groups is 1. The van der Waals surface area contributed by atoms with Gasteiger partial charge < -0.3 is 10.1 Å². The number of sulfonamides is 1. The first kappa shape index (κ1) is 21.7. The molecular formula is C22H21ClN2O4S. The number of nitrogens with one attached hydrogen (secondary N) is 1. The topological polar surface area (TPSA) is 75.7 Å². The lowest BCUT2D eigenvalue weighted by molar-refractivity contribution is -0.114. The first-order chi connectivity index (χ1) is 14.3. The molecule has 0 fully saturated rings. The van der Waals surface area contributed by atoms with Crippen LogP contribution in [0.1, 0.15) is 5.56 Å². The highest BCUT2D eigenvalue weighted by Gasteiger charge is 2.30. The van der Waals surface area contributed by atoms with E-state index in [4.69, 9.17) is 16.3 Å². The Morgan fingerprint density at radius 2 is 1.77 bits per heavy atom. The van der Waals surface area contributed by atoms with Crippen LogP contribution >= 0.6 is 11.6 Å². The molecule has 3 aromatic carbocycles. The van der Waals surface area contributed by atoms with Crippen LogP contribution in [0.3, 0.4) is 0 Å². The number of para-hydroxylation sites is 1. The van der Waals surface area contributed by atoms with Crippen LogP contribution in [0.4, 0.5) is 11.4 Å². The molecule has 3 aromatic rings. The van der Waals surface area contributed by atoms with Crippen molar-refractivity contribution in [2.24, 2.45) is 0 Å². The van der Waals surface area contributed by atoms with Crippen LogP contribution in [0.2, 0.25) is 5.02 Å². The summed E-state index contributed by atoms with van der Waals surface area (Å²) in [4.78, 5) is 12.7. The van der Waals surface area contributed by atoms with Gasteiger partial charge in [0, 0.05) is 10.7 Å². The number of carbonyl (C=O) groups excluding carboxylic acids is 1. The maximum absolute atomic E-state index is 13.6. The molecular weight excluding hydrogens is 424 g/mol. The molecule has 0 saturated carbocycles. The second kappa shape index (κ2) is 9.19. The predicted octanol–water partition coefficient (Wildman–Crippen LogP) is 4.49. The molecule has 6 nitrogen and oxygen atoms in total. The molecule has 156 valence electrons. The molecule has 8 heteroatoms. The Hall–Kier alpha value is -3.03. The van der Waals surface area contributed by atoms with Crippen molar-refractivity contribution in [3.8, 4) is 5.75 Å². The van der Waals surface area contributed by atoms with Crippen LogP contribution in [0, 0.1) is 6.92 Å². The maximum Gasteiger partial charge on any atom is 0.268 e. The molecule has 3 rings (SSSR count). The SMILES string of the molecule is COc1ccc(C)cc1S(=O)(=O)N(CC(=O)Nc1cccc(Cl)c1)c1ccccc1. The van der Waals surface area contributed by atoms with Crippen LogP contribution in [0.5, 0.6) is 5.75 Å². The van der Waals surface area contributed by atoms with E-state index in [2.05, 4.69) is 5.32 Å². The van der Waals surface area contributed by atoms with E-state index in [1.54, 1.807) is 73.7 Å². The highest BCUT2D eigenvalue weighted by Crippen LogP contribution is 2.30. The van der Waals surface area contributed by atoms with Crippen molar-refractivity contribution in [1.82, 2.24) is 0 Å². The van der Waals surface area contributed by atoms with E-state index in [0.717, 1.165) is 9.87 Å². The van der Waals surface area contributed by atoms with Gasteiger partial charge in [0.05, 0.1) is 12.8 Å². The lowest BCUT2D eigenvalue weighted by Gasteiger charge is -2.25. The zero-order valence-electron chi connectivity index (χ0n) is 16.5. The van der Waals surface area contributed by atoms with Gasteiger partial charge in [0.25, 0.3) is 10.0 Å². The summed E-state index contributed by atoms with van der Waals surface area (Å²) >= 11 is 5.96. The molecule has 1 N–H and O–H groups in total. The highest BCUT2D eigenvalue weighted by atomic mass is 35.5. The summed E-state index contributed by atoms with van der Waals surface area (Å²) in [7, 11) is -2.69. The van der Waals surface area contributed by atoms with Crippen LogP contribution in [-0.4, -0.2) is 28.0 Å². The van der Waals surface area contributed by atoms with Gasteiger partial charge in [-0.2, -0.15) is 0 Å². The van der Waals surface area contributed by atoms with Crippen molar-refractivity contribution >= 4 is 38.9 Å². The normalized spacial score (nSPS) is 11.0. The summed E-state index contributed by atoms with van der Waals surface area (Å²) in [5, 5.41) is 3.15. The predicted molar refractivity (Wildman–Crippen MR) is 119 cm³/mol. The third kappa shape index (κ3) is 4.93. The Balaban J connectivity index is 1.99. The molecule has 1 amide bonds. The largest absolute Gasteiger partial charge is 0.495 e. The zero-order valence-corrected chi connectivity index (χ0v) is 18.1. The van der Waals surface area contributed by atoms with Gasteiger partial charge in [0.2, 0.25) is 5.91 Å². The molecule has 0 saturated heterocycles. The van der Waals surface area contributed by atoms with E-state index in [1.807, 2.05) is 0 Å². The standard InChI is InChI=1S/C22H21ClN2O4S/c1-16-11-12-20(29-2)21(13-16)30(27,28)25(19-9-4-3-5-10-19)15-22(26)24-18-8-6-7-17(23)14-18/h3-14H,15H2,1-2H3,(H,24,26). The Labute approximate surface area is 181 Å². The van der Waals surface area contributed by atoms with Gasteiger partial charge in [0.15, 0.2) is 0 Å². The Kier molecular flexibility index (Phi) is 6.64. The molecule has 0 bridgehead atoms.